The zero-order valence-electron chi connectivity index (χ0n) is 17.9. The van der Waals surface area contributed by atoms with Crippen molar-refractivity contribution in [1.29, 1.82) is 0 Å². The summed E-state index contributed by atoms with van der Waals surface area (Å²) in [5.41, 5.74) is 3.37. The number of anilines is 3. The summed E-state index contributed by atoms with van der Waals surface area (Å²) in [6.07, 6.45) is 0.949. The average molecular weight is 444 g/mol. The molecule has 0 atom stereocenters. The minimum atomic E-state index is 0.782. The van der Waals surface area contributed by atoms with Gasteiger partial charge in [0.15, 0.2) is 0 Å². The van der Waals surface area contributed by atoms with Crippen LogP contribution in [0.5, 0.6) is 0 Å². The van der Waals surface area contributed by atoms with Crippen molar-refractivity contribution in [2.45, 2.75) is 6.42 Å². The SMILES string of the molecule is Clc1ccccc1N1CCN(c2nc(NCCc3ccccc3)c3ccccc3n2)CC1. The number of nitrogens with one attached hydrogen (secondary N) is 1. The number of piperazine rings is 1. The van der Waals surface area contributed by atoms with E-state index in [2.05, 4.69) is 57.6 Å². The van der Waals surface area contributed by atoms with E-state index in [4.69, 9.17) is 21.6 Å². The molecule has 32 heavy (non-hydrogen) atoms. The Morgan fingerprint density at radius 2 is 1.44 bits per heavy atom. The molecule has 5 rings (SSSR count). The lowest BCUT2D eigenvalue weighted by molar-refractivity contribution is 0.641. The average Bonchev–Trinajstić information content (AvgIpc) is 2.85. The quantitative estimate of drug-likeness (QED) is 0.440. The Labute approximate surface area is 193 Å². The number of halogens is 1. The molecule has 1 N–H and O–H groups in total. The third-order valence-electron chi connectivity index (χ3n) is 5.90. The molecule has 162 valence electrons. The number of rotatable bonds is 6. The van der Waals surface area contributed by atoms with Crippen molar-refractivity contribution in [3.63, 3.8) is 0 Å². The number of para-hydroxylation sites is 2. The van der Waals surface area contributed by atoms with Crippen LogP contribution in [0.25, 0.3) is 10.9 Å². The van der Waals surface area contributed by atoms with Crippen LogP contribution < -0.4 is 15.1 Å². The molecule has 3 aromatic carbocycles. The molecule has 1 aliphatic heterocycles. The molecule has 0 radical (unpaired) electrons. The first kappa shape index (κ1) is 20.6. The molecule has 1 aromatic heterocycles. The second kappa shape index (κ2) is 9.45. The van der Waals surface area contributed by atoms with Crippen molar-refractivity contribution in [2.24, 2.45) is 0 Å². The van der Waals surface area contributed by atoms with Crippen molar-refractivity contribution in [1.82, 2.24) is 9.97 Å². The third-order valence-corrected chi connectivity index (χ3v) is 6.22. The second-order valence-electron chi connectivity index (χ2n) is 7.98. The first-order valence-electron chi connectivity index (χ1n) is 11.1. The fourth-order valence-electron chi connectivity index (χ4n) is 4.17. The van der Waals surface area contributed by atoms with Gasteiger partial charge in [-0.15, -0.1) is 0 Å². The van der Waals surface area contributed by atoms with Crippen LogP contribution in [-0.2, 0) is 6.42 Å². The van der Waals surface area contributed by atoms with Gasteiger partial charge in [-0.3, -0.25) is 0 Å². The Morgan fingerprint density at radius 3 is 2.25 bits per heavy atom. The van der Waals surface area contributed by atoms with Gasteiger partial charge in [-0.2, -0.15) is 4.98 Å². The maximum absolute atomic E-state index is 6.40. The van der Waals surface area contributed by atoms with Gasteiger partial charge in [-0.05, 0) is 36.2 Å². The van der Waals surface area contributed by atoms with Crippen LogP contribution in [0.3, 0.4) is 0 Å². The monoisotopic (exact) mass is 443 g/mol. The Bertz CT molecular complexity index is 1190. The highest BCUT2D eigenvalue weighted by atomic mass is 35.5. The highest BCUT2D eigenvalue weighted by Gasteiger charge is 2.21. The normalized spacial score (nSPS) is 14.0. The summed E-state index contributed by atoms with van der Waals surface area (Å²) in [5, 5.41) is 5.41. The lowest BCUT2D eigenvalue weighted by atomic mass is 10.1. The zero-order valence-corrected chi connectivity index (χ0v) is 18.7. The Hall–Kier alpha value is -3.31. The Morgan fingerprint density at radius 1 is 0.750 bits per heavy atom. The van der Waals surface area contributed by atoms with E-state index in [1.54, 1.807) is 0 Å². The molecule has 1 saturated heterocycles. The smallest absolute Gasteiger partial charge is 0.228 e. The number of hydrogen-bond acceptors (Lipinski definition) is 5. The molecule has 6 heteroatoms. The lowest BCUT2D eigenvalue weighted by Crippen LogP contribution is -2.47. The van der Waals surface area contributed by atoms with E-state index in [0.717, 1.165) is 72.5 Å². The van der Waals surface area contributed by atoms with Crippen LogP contribution in [-0.4, -0.2) is 42.7 Å². The number of aromatic nitrogens is 2. The zero-order chi connectivity index (χ0) is 21.8. The highest BCUT2D eigenvalue weighted by molar-refractivity contribution is 6.33. The van der Waals surface area contributed by atoms with Crippen molar-refractivity contribution < 1.29 is 0 Å². The molecular formula is C26H26ClN5. The minimum Gasteiger partial charge on any atom is -0.369 e. The van der Waals surface area contributed by atoms with Crippen molar-refractivity contribution in [3.05, 3.63) is 89.4 Å². The minimum absolute atomic E-state index is 0.782. The molecule has 4 aromatic rings. The number of fused-ring (bicyclic) bond motifs is 1. The molecule has 0 aliphatic carbocycles. The van der Waals surface area contributed by atoms with Crippen molar-refractivity contribution in [3.8, 4) is 0 Å². The van der Waals surface area contributed by atoms with E-state index in [9.17, 15) is 0 Å². The van der Waals surface area contributed by atoms with Gasteiger partial charge in [0.05, 0.1) is 16.2 Å². The largest absolute Gasteiger partial charge is 0.369 e. The first-order valence-corrected chi connectivity index (χ1v) is 11.4. The van der Waals surface area contributed by atoms with Gasteiger partial charge in [-0.25, -0.2) is 4.98 Å². The molecule has 0 saturated carbocycles. The summed E-state index contributed by atoms with van der Waals surface area (Å²) in [6, 6.07) is 26.8. The van der Waals surface area contributed by atoms with Crippen LogP contribution in [0.1, 0.15) is 5.56 Å². The van der Waals surface area contributed by atoms with Gasteiger partial charge in [0.1, 0.15) is 5.82 Å². The predicted octanol–water partition coefficient (Wildman–Crippen LogP) is 5.26. The first-order chi connectivity index (χ1) is 15.8. The fourth-order valence-corrected chi connectivity index (χ4v) is 4.42. The summed E-state index contributed by atoms with van der Waals surface area (Å²) in [7, 11) is 0. The van der Waals surface area contributed by atoms with Gasteiger partial charge in [0.25, 0.3) is 0 Å². The molecule has 0 unspecified atom stereocenters. The number of benzene rings is 3. The summed E-state index contributed by atoms with van der Waals surface area (Å²) in [4.78, 5) is 14.4. The van der Waals surface area contributed by atoms with Gasteiger partial charge < -0.3 is 15.1 Å². The number of hydrogen-bond donors (Lipinski definition) is 1. The highest BCUT2D eigenvalue weighted by Crippen LogP contribution is 2.28. The van der Waals surface area contributed by atoms with E-state index in [0.29, 0.717) is 0 Å². The van der Waals surface area contributed by atoms with Crippen LogP contribution in [0, 0.1) is 0 Å². The van der Waals surface area contributed by atoms with Crippen LogP contribution in [0.4, 0.5) is 17.5 Å². The van der Waals surface area contributed by atoms with Crippen LogP contribution in [0.2, 0.25) is 5.02 Å². The van der Waals surface area contributed by atoms with Gasteiger partial charge in [0, 0.05) is 38.1 Å². The van der Waals surface area contributed by atoms with E-state index in [1.165, 1.54) is 5.56 Å². The molecule has 0 spiro atoms. The molecule has 1 fully saturated rings. The van der Waals surface area contributed by atoms with Gasteiger partial charge in [-0.1, -0.05) is 66.2 Å². The summed E-state index contributed by atoms with van der Waals surface area (Å²) in [5.74, 6) is 1.68. The van der Waals surface area contributed by atoms with E-state index in [-0.39, 0.29) is 0 Å². The van der Waals surface area contributed by atoms with Gasteiger partial charge in [0.2, 0.25) is 5.95 Å². The molecule has 2 heterocycles. The topological polar surface area (TPSA) is 44.3 Å². The van der Waals surface area contributed by atoms with E-state index in [1.807, 2.05) is 36.4 Å². The molecule has 1 aliphatic rings. The Kier molecular flexibility index (Phi) is 6.08. The van der Waals surface area contributed by atoms with Crippen LogP contribution in [0.15, 0.2) is 78.9 Å². The number of nitrogens with zero attached hydrogens (tertiary/aromatic N) is 4. The van der Waals surface area contributed by atoms with Crippen LogP contribution >= 0.6 is 11.6 Å². The Balaban J connectivity index is 1.32. The van der Waals surface area contributed by atoms with Crippen molar-refractivity contribution >= 4 is 40.0 Å². The van der Waals surface area contributed by atoms with Gasteiger partial charge >= 0.3 is 0 Å². The van der Waals surface area contributed by atoms with E-state index >= 15 is 0 Å². The maximum Gasteiger partial charge on any atom is 0.228 e. The third kappa shape index (κ3) is 4.48. The fraction of sp³-hybridized carbons (Fsp3) is 0.231. The summed E-state index contributed by atoms with van der Waals surface area (Å²) in [6.45, 7) is 4.30. The predicted molar refractivity (Wildman–Crippen MR) is 134 cm³/mol. The molecule has 0 amide bonds. The lowest BCUT2D eigenvalue weighted by Gasteiger charge is -2.36. The summed E-state index contributed by atoms with van der Waals surface area (Å²) < 4.78 is 0. The molecule has 0 bridgehead atoms. The maximum atomic E-state index is 6.40. The van der Waals surface area contributed by atoms with Crippen molar-refractivity contribution in [2.75, 3.05) is 47.8 Å². The standard InChI is InChI=1S/C26H26ClN5/c27-22-11-5-7-13-24(22)31-16-18-32(19-17-31)26-29-23-12-6-4-10-21(23)25(30-26)28-15-14-20-8-2-1-3-9-20/h1-13H,14-19H2,(H,28,29,30). The second-order valence-corrected chi connectivity index (χ2v) is 8.38. The summed E-state index contributed by atoms with van der Waals surface area (Å²) >= 11 is 6.40. The van der Waals surface area contributed by atoms with E-state index < -0.39 is 0 Å². The molecule has 5 nitrogen and oxygen atoms in total. The molecular weight excluding hydrogens is 418 g/mol.